The predicted octanol–water partition coefficient (Wildman–Crippen LogP) is 1.70. The third-order valence-corrected chi connectivity index (χ3v) is 4.47. The lowest BCUT2D eigenvalue weighted by atomic mass is 10.0. The molecule has 0 bridgehead atoms. The molecule has 8 heteroatoms. The Morgan fingerprint density at radius 2 is 2.00 bits per heavy atom. The van der Waals surface area contributed by atoms with Gasteiger partial charge in [-0.3, -0.25) is 9.69 Å². The van der Waals surface area contributed by atoms with E-state index in [1.807, 2.05) is 4.90 Å². The lowest BCUT2D eigenvalue weighted by Crippen LogP contribution is -2.35. The Morgan fingerprint density at radius 3 is 2.69 bits per heavy atom. The Hall–Kier alpha value is -3.26. The molecule has 2 aromatic heterocycles. The Bertz CT molecular complexity index is 987. The number of aromatic amines is 1. The molecule has 1 aliphatic rings. The molecule has 0 saturated heterocycles. The summed E-state index contributed by atoms with van der Waals surface area (Å²) in [5, 5.41) is 29.3. The average Bonchev–Trinajstić information content (AvgIpc) is 3.13. The molecule has 3 aromatic rings. The van der Waals surface area contributed by atoms with E-state index in [-0.39, 0.29) is 29.4 Å². The molecule has 0 atom stereocenters. The van der Waals surface area contributed by atoms with Crippen LogP contribution in [0, 0.1) is 0 Å². The number of benzene rings is 1. The van der Waals surface area contributed by atoms with Crippen LogP contribution in [-0.2, 0) is 19.5 Å². The SMILES string of the molecule is O=c1[nH]c(-c2ccco2)nc2c1CN(Cc1c(O)cc(O)cc1O)CC2. The van der Waals surface area contributed by atoms with Gasteiger partial charge in [-0.05, 0) is 12.1 Å². The summed E-state index contributed by atoms with van der Waals surface area (Å²) in [5.41, 5.74) is 1.35. The van der Waals surface area contributed by atoms with Crippen molar-refractivity contribution in [1.82, 2.24) is 14.9 Å². The summed E-state index contributed by atoms with van der Waals surface area (Å²) in [5.74, 6) is 0.327. The molecule has 0 fully saturated rings. The molecule has 4 rings (SSSR count). The van der Waals surface area contributed by atoms with Gasteiger partial charge in [0, 0.05) is 43.8 Å². The average molecular weight is 355 g/mol. The predicted molar refractivity (Wildman–Crippen MR) is 91.8 cm³/mol. The van der Waals surface area contributed by atoms with Crippen LogP contribution in [0.25, 0.3) is 11.6 Å². The van der Waals surface area contributed by atoms with Crippen LogP contribution < -0.4 is 5.56 Å². The topological polar surface area (TPSA) is 123 Å². The van der Waals surface area contributed by atoms with E-state index < -0.39 is 0 Å². The lowest BCUT2D eigenvalue weighted by Gasteiger charge is -2.28. The first-order chi connectivity index (χ1) is 12.5. The van der Waals surface area contributed by atoms with E-state index in [0.29, 0.717) is 42.2 Å². The summed E-state index contributed by atoms with van der Waals surface area (Å²) in [6.07, 6.45) is 2.08. The quantitative estimate of drug-likeness (QED) is 0.564. The number of fused-ring (bicyclic) bond motifs is 1. The molecule has 3 heterocycles. The molecule has 0 aliphatic carbocycles. The molecule has 0 radical (unpaired) electrons. The van der Waals surface area contributed by atoms with Crippen molar-refractivity contribution in [2.24, 2.45) is 0 Å². The van der Waals surface area contributed by atoms with E-state index in [1.165, 1.54) is 18.4 Å². The van der Waals surface area contributed by atoms with Crippen molar-refractivity contribution in [3.63, 3.8) is 0 Å². The first-order valence-corrected chi connectivity index (χ1v) is 8.13. The molecular formula is C18H17N3O5. The molecule has 134 valence electrons. The van der Waals surface area contributed by atoms with Crippen LogP contribution in [-0.4, -0.2) is 36.7 Å². The second kappa shape index (κ2) is 6.23. The van der Waals surface area contributed by atoms with Gasteiger partial charge in [0.2, 0.25) is 0 Å². The molecule has 0 unspecified atom stereocenters. The van der Waals surface area contributed by atoms with Crippen molar-refractivity contribution in [2.45, 2.75) is 19.5 Å². The first kappa shape index (κ1) is 16.2. The highest BCUT2D eigenvalue weighted by molar-refractivity contribution is 5.49. The molecular weight excluding hydrogens is 338 g/mol. The van der Waals surface area contributed by atoms with E-state index in [4.69, 9.17) is 4.42 Å². The Morgan fingerprint density at radius 1 is 1.23 bits per heavy atom. The number of aromatic nitrogens is 2. The van der Waals surface area contributed by atoms with E-state index in [0.717, 1.165) is 5.69 Å². The fourth-order valence-electron chi connectivity index (χ4n) is 3.16. The summed E-state index contributed by atoms with van der Waals surface area (Å²) in [7, 11) is 0. The van der Waals surface area contributed by atoms with Gasteiger partial charge in [0.25, 0.3) is 5.56 Å². The number of H-pyrrole nitrogens is 1. The summed E-state index contributed by atoms with van der Waals surface area (Å²) in [6.45, 7) is 1.20. The van der Waals surface area contributed by atoms with Gasteiger partial charge in [0.05, 0.1) is 17.5 Å². The van der Waals surface area contributed by atoms with Gasteiger partial charge >= 0.3 is 0 Å². The second-order valence-electron chi connectivity index (χ2n) is 6.24. The van der Waals surface area contributed by atoms with Crippen LogP contribution in [0.4, 0.5) is 0 Å². The lowest BCUT2D eigenvalue weighted by molar-refractivity contribution is 0.235. The van der Waals surface area contributed by atoms with Gasteiger partial charge in [0.1, 0.15) is 17.2 Å². The van der Waals surface area contributed by atoms with Gasteiger partial charge in [-0.2, -0.15) is 0 Å². The van der Waals surface area contributed by atoms with E-state index in [1.54, 1.807) is 12.1 Å². The van der Waals surface area contributed by atoms with Crippen LogP contribution in [0.3, 0.4) is 0 Å². The third kappa shape index (κ3) is 2.91. The minimum atomic E-state index is -0.231. The number of nitrogens with one attached hydrogen (secondary N) is 1. The van der Waals surface area contributed by atoms with Crippen LogP contribution in [0.1, 0.15) is 16.8 Å². The van der Waals surface area contributed by atoms with Gasteiger partial charge in [-0.25, -0.2) is 4.98 Å². The zero-order chi connectivity index (χ0) is 18.3. The monoisotopic (exact) mass is 355 g/mol. The first-order valence-electron chi connectivity index (χ1n) is 8.13. The largest absolute Gasteiger partial charge is 0.508 e. The van der Waals surface area contributed by atoms with Gasteiger partial charge < -0.3 is 24.7 Å². The Kier molecular flexibility index (Phi) is 3.89. The zero-order valence-electron chi connectivity index (χ0n) is 13.8. The zero-order valence-corrected chi connectivity index (χ0v) is 13.8. The summed E-state index contributed by atoms with van der Waals surface area (Å²) < 4.78 is 5.28. The maximum atomic E-state index is 12.5. The molecule has 1 aliphatic heterocycles. The van der Waals surface area contributed by atoms with Crippen molar-refractivity contribution < 1.29 is 19.7 Å². The third-order valence-electron chi connectivity index (χ3n) is 4.47. The summed E-state index contributed by atoms with van der Waals surface area (Å²) >= 11 is 0. The molecule has 26 heavy (non-hydrogen) atoms. The van der Waals surface area contributed by atoms with Crippen LogP contribution in [0.15, 0.2) is 39.7 Å². The highest BCUT2D eigenvalue weighted by atomic mass is 16.3. The second-order valence-corrected chi connectivity index (χ2v) is 6.24. The number of hydrogen-bond donors (Lipinski definition) is 4. The van der Waals surface area contributed by atoms with Crippen LogP contribution >= 0.6 is 0 Å². The van der Waals surface area contributed by atoms with Crippen molar-refractivity contribution in [1.29, 1.82) is 0 Å². The minimum absolute atomic E-state index is 0.187. The normalized spacial score (nSPS) is 14.3. The molecule has 1 aromatic carbocycles. The Labute approximate surface area is 148 Å². The van der Waals surface area contributed by atoms with E-state index >= 15 is 0 Å². The molecule has 0 saturated carbocycles. The molecule has 8 nitrogen and oxygen atoms in total. The molecule has 0 spiro atoms. The maximum absolute atomic E-state index is 12.5. The van der Waals surface area contributed by atoms with Crippen LogP contribution in [0.2, 0.25) is 0 Å². The van der Waals surface area contributed by atoms with Crippen LogP contribution in [0.5, 0.6) is 17.2 Å². The summed E-state index contributed by atoms with van der Waals surface area (Å²) in [6, 6.07) is 5.82. The highest BCUT2D eigenvalue weighted by Gasteiger charge is 2.23. The smallest absolute Gasteiger partial charge is 0.256 e. The van der Waals surface area contributed by atoms with Crippen molar-refractivity contribution in [2.75, 3.05) is 6.54 Å². The van der Waals surface area contributed by atoms with Gasteiger partial charge in [0.15, 0.2) is 11.6 Å². The van der Waals surface area contributed by atoms with Gasteiger partial charge in [-0.15, -0.1) is 0 Å². The number of furan rings is 1. The van der Waals surface area contributed by atoms with Gasteiger partial charge in [-0.1, -0.05) is 0 Å². The number of hydrogen-bond acceptors (Lipinski definition) is 7. The Balaban J connectivity index is 1.60. The number of rotatable bonds is 3. The molecule has 0 amide bonds. The molecule has 4 N–H and O–H groups in total. The number of nitrogens with zero attached hydrogens (tertiary/aromatic N) is 2. The summed E-state index contributed by atoms with van der Waals surface area (Å²) in [4.78, 5) is 21.6. The number of aromatic hydroxyl groups is 3. The number of phenolic OH excluding ortho intramolecular Hbond substituents is 3. The fraction of sp³-hybridized carbons (Fsp3) is 0.222. The number of phenols is 3. The van der Waals surface area contributed by atoms with E-state index in [2.05, 4.69) is 9.97 Å². The van der Waals surface area contributed by atoms with Crippen molar-refractivity contribution in [3.05, 3.63) is 57.7 Å². The van der Waals surface area contributed by atoms with E-state index in [9.17, 15) is 20.1 Å². The minimum Gasteiger partial charge on any atom is -0.508 e. The van der Waals surface area contributed by atoms with Crippen molar-refractivity contribution in [3.8, 4) is 28.8 Å². The maximum Gasteiger partial charge on any atom is 0.256 e. The standard InChI is InChI=1S/C18H17N3O5/c22-10-6-14(23)12(15(24)7-10)9-21-4-3-13-11(8-21)18(25)20-17(19-13)16-2-1-5-26-16/h1-2,5-7,22-24H,3-4,8-9H2,(H,19,20,25). The highest BCUT2D eigenvalue weighted by Crippen LogP contribution is 2.33. The fourth-order valence-corrected chi connectivity index (χ4v) is 3.16. The van der Waals surface area contributed by atoms with Crippen molar-refractivity contribution >= 4 is 0 Å².